The minimum absolute atomic E-state index is 0.0606. The van der Waals surface area contributed by atoms with Gasteiger partial charge in [0.2, 0.25) is 5.95 Å². The SMILES string of the molecule is N#Cc1ccc2nc(N)n(CC3CCS(=O)(=O)C3)c2c1. The summed E-state index contributed by atoms with van der Waals surface area (Å²) in [5.41, 5.74) is 7.96. The second-order valence-electron chi connectivity index (χ2n) is 5.16. The minimum Gasteiger partial charge on any atom is -0.369 e. The van der Waals surface area contributed by atoms with E-state index in [2.05, 4.69) is 11.1 Å². The molecule has 0 spiro atoms. The Bertz CT molecular complexity index is 817. The van der Waals surface area contributed by atoms with Gasteiger partial charge in [0.15, 0.2) is 9.84 Å². The van der Waals surface area contributed by atoms with Gasteiger partial charge >= 0.3 is 0 Å². The predicted octanol–water partition coefficient (Wildman–Crippen LogP) is 0.925. The Labute approximate surface area is 116 Å². The van der Waals surface area contributed by atoms with Crippen molar-refractivity contribution in [2.24, 2.45) is 5.92 Å². The van der Waals surface area contributed by atoms with E-state index in [1.165, 1.54) is 0 Å². The monoisotopic (exact) mass is 290 g/mol. The Kier molecular flexibility index (Phi) is 2.91. The first kappa shape index (κ1) is 12.9. The molecule has 1 unspecified atom stereocenters. The number of hydrogen-bond acceptors (Lipinski definition) is 5. The van der Waals surface area contributed by atoms with Crippen LogP contribution in [0.2, 0.25) is 0 Å². The van der Waals surface area contributed by atoms with E-state index in [1.54, 1.807) is 18.2 Å². The van der Waals surface area contributed by atoms with Gasteiger partial charge in [-0.3, -0.25) is 0 Å². The van der Waals surface area contributed by atoms with Gasteiger partial charge in [-0.15, -0.1) is 0 Å². The Morgan fingerprint density at radius 3 is 2.95 bits per heavy atom. The molecular weight excluding hydrogens is 276 g/mol. The average molecular weight is 290 g/mol. The van der Waals surface area contributed by atoms with Crippen LogP contribution in [-0.4, -0.2) is 29.5 Å². The molecule has 0 aliphatic carbocycles. The molecule has 2 N–H and O–H groups in total. The lowest BCUT2D eigenvalue weighted by Crippen LogP contribution is -2.14. The summed E-state index contributed by atoms with van der Waals surface area (Å²) in [6, 6.07) is 7.27. The number of nitrogens with zero attached hydrogens (tertiary/aromatic N) is 3. The molecule has 7 heteroatoms. The number of nitriles is 1. The molecule has 20 heavy (non-hydrogen) atoms. The summed E-state index contributed by atoms with van der Waals surface area (Å²) in [7, 11) is -2.90. The van der Waals surface area contributed by atoms with Gasteiger partial charge in [-0.2, -0.15) is 5.26 Å². The molecule has 1 aliphatic rings. The summed E-state index contributed by atoms with van der Waals surface area (Å²) in [4.78, 5) is 4.25. The maximum atomic E-state index is 11.5. The smallest absolute Gasteiger partial charge is 0.201 e. The van der Waals surface area contributed by atoms with Crippen LogP contribution in [0, 0.1) is 17.2 Å². The van der Waals surface area contributed by atoms with E-state index in [-0.39, 0.29) is 17.4 Å². The first-order chi connectivity index (χ1) is 9.48. The number of nitrogens with two attached hydrogens (primary N) is 1. The third-order valence-corrected chi connectivity index (χ3v) is 5.51. The molecule has 0 saturated carbocycles. The number of rotatable bonds is 2. The minimum atomic E-state index is -2.90. The lowest BCUT2D eigenvalue weighted by atomic mass is 10.1. The Hall–Kier alpha value is -2.07. The van der Waals surface area contributed by atoms with Gasteiger partial charge in [-0.25, -0.2) is 13.4 Å². The first-order valence-corrected chi connectivity index (χ1v) is 8.17. The topological polar surface area (TPSA) is 102 Å². The zero-order valence-corrected chi connectivity index (χ0v) is 11.6. The quantitative estimate of drug-likeness (QED) is 0.886. The van der Waals surface area contributed by atoms with E-state index in [9.17, 15) is 8.42 Å². The third-order valence-electron chi connectivity index (χ3n) is 3.67. The summed E-state index contributed by atoms with van der Waals surface area (Å²) in [5, 5.41) is 8.96. The van der Waals surface area contributed by atoms with E-state index < -0.39 is 9.84 Å². The van der Waals surface area contributed by atoms with Crippen LogP contribution in [0.1, 0.15) is 12.0 Å². The number of fused-ring (bicyclic) bond motifs is 1. The number of nitrogen functional groups attached to an aromatic ring is 1. The summed E-state index contributed by atoms with van der Waals surface area (Å²) in [6.07, 6.45) is 0.652. The van der Waals surface area contributed by atoms with Crippen molar-refractivity contribution >= 4 is 26.8 Å². The van der Waals surface area contributed by atoms with Gasteiger partial charge in [-0.1, -0.05) is 0 Å². The van der Waals surface area contributed by atoms with Crippen LogP contribution in [0.25, 0.3) is 11.0 Å². The number of aromatic nitrogens is 2. The van der Waals surface area contributed by atoms with Crippen molar-refractivity contribution in [1.29, 1.82) is 5.26 Å². The number of hydrogen-bond donors (Lipinski definition) is 1. The van der Waals surface area contributed by atoms with Crippen LogP contribution >= 0.6 is 0 Å². The molecule has 2 aromatic rings. The highest BCUT2D eigenvalue weighted by molar-refractivity contribution is 7.91. The highest BCUT2D eigenvalue weighted by Crippen LogP contribution is 2.25. The van der Waals surface area contributed by atoms with Crippen molar-refractivity contribution < 1.29 is 8.42 Å². The van der Waals surface area contributed by atoms with E-state index >= 15 is 0 Å². The van der Waals surface area contributed by atoms with E-state index in [1.807, 2.05) is 4.57 Å². The Morgan fingerprint density at radius 1 is 1.50 bits per heavy atom. The normalized spacial score (nSPS) is 21.1. The standard InChI is InChI=1S/C13H14N4O2S/c14-6-9-1-2-11-12(5-9)17(13(15)16-11)7-10-3-4-20(18,19)8-10/h1-2,5,10H,3-4,7-8H2,(H2,15,16). The lowest BCUT2D eigenvalue weighted by Gasteiger charge is -2.11. The third kappa shape index (κ3) is 2.23. The fourth-order valence-electron chi connectivity index (χ4n) is 2.68. The molecular formula is C13H14N4O2S. The zero-order valence-electron chi connectivity index (χ0n) is 10.8. The van der Waals surface area contributed by atoms with Crippen molar-refractivity contribution in [1.82, 2.24) is 9.55 Å². The highest BCUT2D eigenvalue weighted by Gasteiger charge is 2.28. The number of benzene rings is 1. The molecule has 6 nitrogen and oxygen atoms in total. The molecule has 1 atom stereocenters. The van der Waals surface area contributed by atoms with Gasteiger partial charge in [0.05, 0.1) is 34.2 Å². The molecule has 104 valence electrons. The van der Waals surface area contributed by atoms with Gasteiger partial charge in [-0.05, 0) is 30.5 Å². The first-order valence-electron chi connectivity index (χ1n) is 6.35. The second kappa shape index (κ2) is 4.49. The van der Waals surface area contributed by atoms with Crippen molar-refractivity contribution in [3.63, 3.8) is 0 Å². The van der Waals surface area contributed by atoms with Gasteiger partial charge in [0.1, 0.15) is 0 Å². The Balaban J connectivity index is 1.99. The molecule has 1 aromatic carbocycles. The number of sulfone groups is 1. The molecule has 3 rings (SSSR count). The van der Waals surface area contributed by atoms with Crippen LogP contribution in [0.3, 0.4) is 0 Å². The average Bonchev–Trinajstić information content (AvgIpc) is 2.90. The molecule has 0 amide bonds. The highest BCUT2D eigenvalue weighted by atomic mass is 32.2. The summed E-state index contributed by atoms with van der Waals surface area (Å²) in [5.74, 6) is 0.863. The maximum absolute atomic E-state index is 11.5. The van der Waals surface area contributed by atoms with Gasteiger partial charge < -0.3 is 10.3 Å². The Morgan fingerprint density at radius 2 is 2.30 bits per heavy atom. The van der Waals surface area contributed by atoms with Gasteiger partial charge in [0, 0.05) is 6.54 Å². The molecule has 1 fully saturated rings. The second-order valence-corrected chi connectivity index (χ2v) is 7.39. The lowest BCUT2D eigenvalue weighted by molar-refractivity contribution is 0.503. The molecule has 2 heterocycles. The molecule has 1 aliphatic heterocycles. The van der Waals surface area contributed by atoms with Crippen molar-refractivity contribution in [2.45, 2.75) is 13.0 Å². The maximum Gasteiger partial charge on any atom is 0.201 e. The van der Waals surface area contributed by atoms with Crippen LogP contribution in [0.15, 0.2) is 18.2 Å². The fourth-order valence-corrected chi connectivity index (χ4v) is 4.53. The van der Waals surface area contributed by atoms with Crippen LogP contribution in [0.4, 0.5) is 5.95 Å². The van der Waals surface area contributed by atoms with Crippen LogP contribution in [-0.2, 0) is 16.4 Å². The van der Waals surface area contributed by atoms with Crippen LogP contribution < -0.4 is 5.73 Å². The largest absolute Gasteiger partial charge is 0.369 e. The number of anilines is 1. The van der Waals surface area contributed by atoms with Crippen molar-refractivity contribution in [3.05, 3.63) is 23.8 Å². The van der Waals surface area contributed by atoms with Gasteiger partial charge in [0.25, 0.3) is 0 Å². The van der Waals surface area contributed by atoms with Crippen LogP contribution in [0.5, 0.6) is 0 Å². The predicted molar refractivity (Wildman–Crippen MR) is 75.6 cm³/mol. The van der Waals surface area contributed by atoms with E-state index in [0.29, 0.717) is 24.5 Å². The number of imidazole rings is 1. The van der Waals surface area contributed by atoms with E-state index in [0.717, 1.165) is 11.0 Å². The summed E-state index contributed by atoms with van der Waals surface area (Å²) >= 11 is 0. The van der Waals surface area contributed by atoms with Crippen molar-refractivity contribution in [2.75, 3.05) is 17.2 Å². The fraction of sp³-hybridized carbons (Fsp3) is 0.385. The molecule has 0 bridgehead atoms. The molecule has 0 radical (unpaired) electrons. The van der Waals surface area contributed by atoms with Crippen molar-refractivity contribution in [3.8, 4) is 6.07 Å². The summed E-state index contributed by atoms with van der Waals surface area (Å²) < 4.78 is 24.8. The zero-order chi connectivity index (χ0) is 14.3. The summed E-state index contributed by atoms with van der Waals surface area (Å²) in [6.45, 7) is 0.524. The molecule has 1 saturated heterocycles. The molecule has 1 aromatic heterocycles. The van der Waals surface area contributed by atoms with E-state index in [4.69, 9.17) is 11.0 Å².